The molecule has 5 heteroatoms. The second-order valence-electron chi connectivity index (χ2n) is 8.16. The van der Waals surface area contributed by atoms with E-state index in [9.17, 15) is 0 Å². The molecule has 0 radical (unpaired) electrons. The first-order chi connectivity index (χ1) is 15.7. The van der Waals surface area contributed by atoms with Crippen LogP contribution in [0.4, 0.5) is 0 Å². The Morgan fingerprint density at radius 3 is 2.50 bits per heavy atom. The number of nitrogens with two attached hydrogens (primary N) is 1. The quantitative estimate of drug-likeness (QED) is 0.236. The molecule has 32 heavy (non-hydrogen) atoms. The number of allylic oxidation sites excluding steroid dienone is 2. The SMILES string of the molecule is CC1=CN(N)C(/N=C/n2c3ccccc3c3ccc4c(ccn4-c4ccccc4)c32)C=C1. The number of benzene rings is 3. The molecule has 156 valence electrons. The molecule has 5 nitrogen and oxygen atoms in total. The Bertz CT molecular complexity index is 1550. The van der Waals surface area contributed by atoms with Gasteiger partial charge in [-0.3, -0.25) is 9.58 Å². The normalized spacial score (nSPS) is 16.6. The lowest BCUT2D eigenvalue weighted by atomic mass is 10.1. The highest BCUT2D eigenvalue weighted by Gasteiger charge is 2.16. The van der Waals surface area contributed by atoms with Gasteiger partial charge in [0.25, 0.3) is 0 Å². The number of nitrogens with zero attached hydrogens (tertiary/aromatic N) is 4. The molecule has 5 aromatic rings. The third kappa shape index (κ3) is 2.87. The number of aliphatic imine (C=N–C) groups is 1. The van der Waals surface area contributed by atoms with E-state index in [1.165, 1.54) is 16.2 Å². The zero-order valence-electron chi connectivity index (χ0n) is 17.8. The molecule has 0 fully saturated rings. The van der Waals surface area contributed by atoms with Crippen LogP contribution < -0.4 is 5.84 Å². The van der Waals surface area contributed by atoms with E-state index in [0.717, 1.165) is 27.8 Å². The molecule has 6 rings (SSSR count). The largest absolute Gasteiger partial charge is 0.316 e. The average molecular weight is 418 g/mol. The smallest absolute Gasteiger partial charge is 0.155 e. The second-order valence-corrected chi connectivity index (χ2v) is 8.16. The highest BCUT2D eigenvalue weighted by molar-refractivity contribution is 6.19. The minimum atomic E-state index is -0.233. The van der Waals surface area contributed by atoms with Crippen molar-refractivity contribution in [3.63, 3.8) is 0 Å². The van der Waals surface area contributed by atoms with Crippen molar-refractivity contribution in [3.05, 3.63) is 103 Å². The fourth-order valence-electron chi connectivity index (χ4n) is 4.60. The van der Waals surface area contributed by atoms with Crippen molar-refractivity contribution in [2.45, 2.75) is 13.1 Å². The standard InChI is InChI=1S/C27H23N5/c1-19-11-14-26(32(28)17-19)29-18-31-24-10-6-5-9-21(24)22-12-13-25-23(27(22)31)15-16-30(25)20-7-3-2-4-8-20/h2-18,26H,28H2,1H3/b29-18+. The summed E-state index contributed by atoms with van der Waals surface area (Å²) in [5.41, 5.74) is 5.70. The highest BCUT2D eigenvalue weighted by atomic mass is 15.4. The molecule has 1 aliphatic rings. The Labute approximate surface area is 186 Å². The topological polar surface area (TPSA) is 51.5 Å². The van der Waals surface area contributed by atoms with E-state index in [1.807, 2.05) is 31.6 Å². The summed E-state index contributed by atoms with van der Waals surface area (Å²) in [7, 11) is 0. The van der Waals surface area contributed by atoms with Gasteiger partial charge in [-0.25, -0.2) is 10.8 Å². The molecule has 0 saturated carbocycles. The van der Waals surface area contributed by atoms with E-state index in [-0.39, 0.29) is 6.17 Å². The molecule has 2 aromatic heterocycles. The molecule has 0 bridgehead atoms. The Balaban J connectivity index is 1.58. The van der Waals surface area contributed by atoms with Gasteiger partial charge < -0.3 is 4.57 Å². The number of hydrazine groups is 1. The van der Waals surface area contributed by atoms with Crippen LogP contribution >= 0.6 is 0 Å². The lowest BCUT2D eigenvalue weighted by Gasteiger charge is -2.23. The molecule has 3 heterocycles. The molecule has 0 amide bonds. The van der Waals surface area contributed by atoms with Gasteiger partial charge in [0.15, 0.2) is 6.17 Å². The maximum absolute atomic E-state index is 6.17. The summed E-state index contributed by atoms with van der Waals surface area (Å²) in [5.74, 6) is 6.17. The molecule has 0 saturated heterocycles. The highest BCUT2D eigenvalue weighted by Crippen LogP contribution is 2.35. The lowest BCUT2D eigenvalue weighted by molar-refractivity contribution is 0.334. The Morgan fingerprint density at radius 2 is 1.66 bits per heavy atom. The fraction of sp³-hybridized carbons (Fsp3) is 0.0741. The van der Waals surface area contributed by atoms with Gasteiger partial charge in [-0.05, 0) is 48.9 Å². The summed E-state index contributed by atoms with van der Waals surface area (Å²) in [5, 5.41) is 5.25. The summed E-state index contributed by atoms with van der Waals surface area (Å²) in [4.78, 5) is 4.81. The first-order valence-electron chi connectivity index (χ1n) is 10.7. The van der Waals surface area contributed by atoms with Crippen molar-refractivity contribution < 1.29 is 0 Å². The Hall–Kier alpha value is -4.09. The van der Waals surface area contributed by atoms with Crippen molar-refractivity contribution in [1.29, 1.82) is 0 Å². The van der Waals surface area contributed by atoms with Gasteiger partial charge in [0.05, 0.1) is 22.9 Å². The second kappa shape index (κ2) is 7.25. The number of hydrogen-bond acceptors (Lipinski definition) is 3. The third-order valence-corrected chi connectivity index (χ3v) is 6.10. The van der Waals surface area contributed by atoms with Gasteiger partial charge >= 0.3 is 0 Å². The van der Waals surface area contributed by atoms with E-state index < -0.39 is 0 Å². The summed E-state index contributed by atoms with van der Waals surface area (Å²) in [6.45, 7) is 2.03. The van der Waals surface area contributed by atoms with Gasteiger partial charge in [0, 0.05) is 34.2 Å². The van der Waals surface area contributed by atoms with Crippen molar-refractivity contribution in [2.75, 3.05) is 0 Å². The summed E-state index contributed by atoms with van der Waals surface area (Å²) in [6.07, 6.45) is 9.79. The van der Waals surface area contributed by atoms with Gasteiger partial charge in [-0.2, -0.15) is 0 Å². The average Bonchev–Trinajstić information content (AvgIpc) is 3.38. The monoisotopic (exact) mass is 417 g/mol. The number of para-hydroxylation sites is 2. The van der Waals surface area contributed by atoms with Crippen LogP contribution in [0.25, 0.3) is 38.4 Å². The van der Waals surface area contributed by atoms with Crippen LogP contribution in [-0.4, -0.2) is 26.6 Å². The third-order valence-electron chi connectivity index (χ3n) is 6.10. The first kappa shape index (κ1) is 18.7. The molecule has 1 aliphatic heterocycles. The number of rotatable bonds is 3. The van der Waals surface area contributed by atoms with Crippen LogP contribution in [0.2, 0.25) is 0 Å². The predicted molar refractivity (Wildman–Crippen MR) is 133 cm³/mol. The summed E-state index contributed by atoms with van der Waals surface area (Å²) >= 11 is 0. The van der Waals surface area contributed by atoms with E-state index >= 15 is 0 Å². The van der Waals surface area contributed by atoms with Gasteiger partial charge in [-0.1, -0.05) is 48.5 Å². The Morgan fingerprint density at radius 1 is 0.844 bits per heavy atom. The summed E-state index contributed by atoms with van der Waals surface area (Å²) in [6, 6.07) is 25.5. The summed E-state index contributed by atoms with van der Waals surface area (Å²) < 4.78 is 4.42. The zero-order chi connectivity index (χ0) is 21.7. The Kier molecular flexibility index (Phi) is 4.23. The molecule has 0 spiro atoms. The number of aromatic nitrogens is 2. The van der Waals surface area contributed by atoms with Crippen LogP contribution in [0.5, 0.6) is 0 Å². The maximum Gasteiger partial charge on any atom is 0.155 e. The zero-order valence-corrected chi connectivity index (χ0v) is 17.8. The lowest BCUT2D eigenvalue weighted by Crippen LogP contribution is -2.36. The van der Waals surface area contributed by atoms with E-state index in [2.05, 4.69) is 88.1 Å². The van der Waals surface area contributed by atoms with Crippen molar-refractivity contribution in [2.24, 2.45) is 10.8 Å². The van der Waals surface area contributed by atoms with Gasteiger partial charge in [-0.15, -0.1) is 0 Å². The van der Waals surface area contributed by atoms with Crippen molar-refractivity contribution in [1.82, 2.24) is 14.1 Å². The minimum absolute atomic E-state index is 0.233. The number of fused-ring (bicyclic) bond motifs is 5. The molecule has 1 unspecified atom stereocenters. The van der Waals surface area contributed by atoms with E-state index in [0.29, 0.717) is 0 Å². The van der Waals surface area contributed by atoms with Crippen LogP contribution in [0.1, 0.15) is 6.92 Å². The minimum Gasteiger partial charge on any atom is -0.316 e. The first-order valence-corrected chi connectivity index (χ1v) is 10.7. The molecule has 3 aromatic carbocycles. The molecular formula is C27H23N5. The molecule has 2 N–H and O–H groups in total. The van der Waals surface area contributed by atoms with Crippen LogP contribution in [0.3, 0.4) is 0 Å². The predicted octanol–water partition coefficient (Wildman–Crippen LogP) is 5.59. The van der Waals surface area contributed by atoms with Crippen LogP contribution in [-0.2, 0) is 0 Å². The van der Waals surface area contributed by atoms with E-state index in [1.54, 1.807) is 5.01 Å². The molecule has 1 atom stereocenters. The van der Waals surface area contributed by atoms with E-state index in [4.69, 9.17) is 10.8 Å². The number of hydrogen-bond donors (Lipinski definition) is 1. The maximum atomic E-state index is 6.17. The van der Waals surface area contributed by atoms with Gasteiger partial charge in [0.1, 0.15) is 0 Å². The molecular weight excluding hydrogens is 394 g/mol. The van der Waals surface area contributed by atoms with Gasteiger partial charge in [0.2, 0.25) is 0 Å². The molecule has 0 aliphatic carbocycles. The fourth-order valence-corrected chi connectivity index (χ4v) is 4.60. The van der Waals surface area contributed by atoms with Crippen molar-refractivity contribution >= 4 is 39.0 Å². The van der Waals surface area contributed by atoms with Crippen LogP contribution in [0.15, 0.2) is 108 Å². The van der Waals surface area contributed by atoms with Crippen LogP contribution in [0, 0.1) is 0 Å². The van der Waals surface area contributed by atoms with Crippen molar-refractivity contribution in [3.8, 4) is 5.69 Å².